The number of carbonyl (C=O) groups excluding carboxylic acids is 2. The van der Waals surface area contributed by atoms with Crippen molar-refractivity contribution in [3.63, 3.8) is 0 Å². The van der Waals surface area contributed by atoms with Crippen LogP contribution in [0, 0.1) is 5.92 Å². The predicted molar refractivity (Wildman–Crippen MR) is 72.3 cm³/mol. The monoisotopic (exact) mass is 282 g/mol. The number of ether oxygens (including phenoxy) is 1. The van der Waals surface area contributed by atoms with Gasteiger partial charge in [-0.2, -0.15) is 0 Å². The number of hydrogen-bond donors (Lipinski definition) is 1. The first kappa shape index (κ1) is 14.0. The average Bonchev–Trinajstić information content (AvgIpc) is 2.75. The number of nitrogens with zero attached hydrogens (tertiary/aromatic N) is 1. The summed E-state index contributed by atoms with van der Waals surface area (Å²) in [6.45, 7) is 4.05. The average molecular weight is 282 g/mol. The van der Waals surface area contributed by atoms with Gasteiger partial charge in [-0.1, -0.05) is 6.42 Å². The molecule has 0 radical (unpaired) electrons. The molecule has 104 valence electrons. The van der Waals surface area contributed by atoms with Gasteiger partial charge in [-0.25, -0.2) is 9.78 Å². The summed E-state index contributed by atoms with van der Waals surface area (Å²) >= 11 is 1.13. The largest absolute Gasteiger partial charge is 0.461 e. The standard InChI is InChI=1S/C13H18N2O3S/c1-3-18-13(17)12-15-10(7-19-12)11(16)14-8(2)9-5-4-6-9/h7-9H,3-6H2,1-2H3,(H,14,16). The normalized spacial score (nSPS) is 16.5. The van der Waals surface area contributed by atoms with Crippen LogP contribution in [0.2, 0.25) is 0 Å². The highest BCUT2D eigenvalue weighted by molar-refractivity contribution is 7.11. The maximum absolute atomic E-state index is 12.0. The lowest BCUT2D eigenvalue weighted by atomic mass is 9.80. The molecule has 5 nitrogen and oxygen atoms in total. The topological polar surface area (TPSA) is 68.3 Å². The lowest BCUT2D eigenvalue weighted by Crippen LogP contribution is -2.40. The fourth-order valence-electron chi connectivity index (χ4n) is 2.00. The highest BCUT2D eigenvalue weighted by atomic mass is 32.1. The van der Waals surface area contributed by atoms with Crippen molar-refractivity contribution in [3.05, 3.63) is 16.1 Å². The van der Waals surface area contributed by atoms with E-state index in [0.717, 1.165) is 11.3 Å². The number of rotatable bonds is 5. The summed E-state index contributed by atoms with van der Waals surface area (Å²) in [5.74, 6) is -0.114. The van der Waals surface area contributed by atoms with E-state index in [2.05, 4.69) is 10.3 Å². The minimum Gasteiger partial charge on any atom is -0.461 e. The van der Waals surface area contributed by atoms with Crippen LogP contribution in [0.15, 0.2) is 5.38 Å². The van der Waals surface area contributed by atoms with Crippen LogP contribution >= 0.6 is 11.3 Å². The third-order valence-electron chi connectivity index (χ3n) is 3.40. The van der Waals surface area contributed by atoms with Gasteiger partial charge in [-0.3, -0.25) is 4.79 Å². The van der Waals surface area contributed by atoms with Crippen molar-refractivity contribution in [2.24, 2.45) is 5.92 Å². The fraction of sp³-hybridized carbons (Fsp3) is 0.615. The molecule has 1 atom stereocenters. The van der Waals surface area contributed by atoms with Gasteiger partial charge in [0, 0.05) is 11.4 Å². The molecule has 1 N–H and O–H groups in total. The van der Waals surface area contributed by atoms with Crippen molar-refractivity contribution in [2.75, 3.05) is 6.61 Å². The molecule has 1 unspecified atom stereocenters. The number of aromatic nitrogens is 1. The first-order valence-corrected chi connectivity index (χ1v) is 7.43. The molecule has 19 heavy (non-hydrogen) atoms. The van der Waals surface area contributed by atoms with E-state index in [-0.39, 0.29) is 17.0 Å². The van der Waals surface area contributed by atoms with Crippen LogP contribution in [0.5, 0.6) is 0 Å². The minimum atomic E-state index is -0.474. The lowest BCUT2D eigenvalue weighted by molar-refractivity contribution is 0.0526. The molecule has 1 aromatic heterocycles. The maximum atomic E-state index is 12.0. The van der Waals surface area contributed by atoms with Gasteiger partial charge in [0.05, 0.1) is 6.61 Å². The zero-order valence-corrected chi connectivity index (χ0v) is 12.0. The van der Waals surface area contributed by atoms with Crippen LogP contribution in [0.25, 0.3) is 0 Å². The van der Waals surface area contributed by atoms with E-state index < -0.39 is 5.97 Å². The van der Waals surface area contributed by atoms with Crippen LogP contribution in [-0.2, 0) is 4.74 Å². The molecule has 0 aromatic carbocycles. The van der Waals surface area contributed by atoms with Gasteiger partial charge in [-0.15, -0.1) is 11.3 Å². The van der Waals surface area contributed by atoms with E-state index in [0.29, 0.717) is 18.2 Å². The van der Waals surface area contributed by atoms with E-state index in [9.17, 15) is 9.59 Å². The predicted octanol–water partition coefficient (Wildman–Crippen LogP) is 2.24. The van der Waals surface area contributed by atoms with Crippen molar-refractivity contribution in [2.45, 2.75) is 39.2 Å². The second-order valence-electron chi connectivity index (χ2n) is 4.71. The smallest absolute Gasteiger partial charge is 0.367 e. The Morgan fingerprint density at radius 3 is 2.89 bits per heavy atom. The zero-order valence-electron chi connectivity index (χ0n) is 11.1. The van der Waals surface area contributed by atoms with Gasteiger partial charge in [0.25, 0.3) is 5.91 Å². The molecular weight excluding hydrogens is 264 g/mol. The van der Waals surface area contributed by atoms with Gasteiger partial charge in [0.1, 0.15) is 5.69 Å². The number of esters is 1. The quantitative estimate of drug-likeness (QED) is 0.841. The van der Waals surface area contributed by atoms with Crippen molar-refractivity contribution < 1.29 is 14.3 Å². The Bertz CT molecular complexity index is 468. The van der Waals surface area contributed by atoms with Crippen LogP contribution in [0.3, 0.4) is 0 Å². The molecule has 1 aromatic rings. The molecule has 1 fully saturated rings. The van der Waals surface area contributed by atoms with Crippen LogP contribution in [-0.4, -0.2) is 29.5 Å². The molecule has 0 bridgehead atoms. The minimum absolute atomic E-state index is 0.161. The first-order chi connectivity index (χ1) is 9.11. The highest BCUT2D eigenvalue weighted by Gasteiger charge is 2.26. The Kier molecular flexibility index (Phi) is 4.52. The van der Waals surface area contributed by atoms with Gasteiger partial charge < -0.3 is 10.1 Å². The van der Waals surface area contributed by atoms with Crippen molar-refractivity contribution >= 4 is 23.2 Å². The highest BCUT2D eigenvalue weighted by Crippen LogP contribution is 2.29. The molecule has 1 amide bonds. The second-order valence-corrected chi connectivity index (χ2v) is 5.57. The third-order valence-corrected chi connectivity index (χ3v) is 4.22. The van der Waals surface area contributed by atoms with Crippen molar-refractivity contribution in [1.29, 1.82) is 0 Å². The number of carbonyl (C=O) groups is 2. The zero-order chi connectivity index (χ0) is 13.8. The Morgan fingerprint density at radius 2 is 2.32 bits per heavy atom. The molecule has 1 saturated carbocycles. The van der Waals surface area contributed by atoms with Crippen molar-refractivity contribution in [3.8, 4) is 0 Å². The van der Waals surface area contributed by atoms with Gasteiger partial charge in [-0.05, 0) is 32.6 Å². The van der Waals surface area contributed by atoms with Crippen LogP contribution in [0.1, 0.15) is 53.4 Å². The maximum Gasteiger partial charge on any atom is 0.367 e. The van der Waals surface area contributed by atoms with Gasteiger partial charge in [0.2, 0.25) is 5.01 Å². The number of thiazole rings is 1. The number of nitrogens with one attached hydrogen (secondary N) is 1. The second kappa shape index (κ2) is 6.14. The first-order valence-electron chi connectivity index (χ1n) is 6.55. The third kappa shape index (κ3) is 3.32. The fourth-order valence-corrected chi connectivity index (χ4v) is 2.69. The van der Waals surface area contributed by atoms with Crippen LogP contribution in [0.4, 0.5) is 0 Å². The molecule has 0 aliphatic heterocycles. The summed E-state index contributed by atoms with van der Waals surface area (Å²) in [6.07, 6.45) is 3.59. The van der Waals surface area contributed by atoms with E-state index in [1.165, 1.54) is 19.3 Å². The molecular formula is C13H18N2O3S. The van der Waals surface area contributed by atoms with E-state index in [1.807, 2.05) is 6.92 Å². The lowest BCUT2D eigenvalue weighted by Gasteiger charge is -2.31. The molecule has 6 heteroatoms. The van der Waals surface area contributed by atoms with Crippen LogP contribution < -0.4 is 5.32 Å². The van der Waals surface area contributed by atoms with Gasteiger partial charge >= 0.3 is 5.97 Å². The van der Waals surface area contributed by atoms with E-state index >= 15 is 0 Å². The van der Waals surface area contributed by atoms with E-state index in [1.54, 1.807) is 12.3 Å². The summed E-state index contributed by atoms with van der Waals surface area (Å²) < 4.78 is 4.84. The van der Waals surface area contributed by atoms with Crippen molar-refractivity contribution in [1.82, 2.24) is 10.3 Å². The Labute approximate surface area is 116 Å². The summed E-state index contributed by atoms with van der Waals surface area (Å²) in [5, 5.41) is 4.75. The SMILES string of the molecule is CCOC(=O)c1nc(C(=O)NC(C)C2CCC2)cs1. The van der Waals surface area contributed by atoms with Gasteiger partial charge in [0.15, 0.2) is 0 Å². The molecule has 0 saturated heterocycles. The Morgan fingerprint density at radius 1 is 1.58 bits per heavy atom. The summed E-state index contributed by atoms with van der Waals surface area (Å²) in [6, 6.07) is 0.161. The summed E-state index contributed by atoms with van der Waals surface area (Å²) in [5.41, 5.74) is 0.291. The number of amides is 1. The molecule has 0 spiro atoms. The molecule has 1 aliphatic rings. The summed E-state index contributed by atoms with van der Waals surface area (Å²) in [7, 11) is 0. The molecule has 1 heterocycles. The Balaban J connectivity index is 1.93. The molecule has 1 aliphatic carbocycles. The number of hydrogen-bond acceptors (Lipinski definition) is 5. The van der Waals surface area contributed by atoms with E-state index in [4.69, 9.17) is 4.74 Å². The Hall–Kier alpha value is -1.43. The molecule has 2 rings (SSSR count). The summed E-state index contributed by atoms with van der Waals surface area (Å²) in [4.78, 5) is 27.5.